The van der Waals surface area contributed by atoms with Gasteiger partial charge in [0.05, 0.1) is 10.6 Å². The lowest BCUT2D eigenvalue weighted by Crippen LogP contribution is -2.24. The third-order valence-electron chi connectivity index (χ3n) is 2.53. The van der Waals surface area contributed by atoms with Crippen LogP contribution in [0.25, 0.3) is 0 Å². The van der Waals surface area contributed by atoms with Crippen LogP contribution in [0.5, 0.6) is 0 Å². The molecule has 2 aromatic rings. The topological polar surface area (TPSA) is 83.7 Å². The number of anilines is 2. The molecule has 0 heterocycles. The number of hydrogen-bond donors (Lipinski definition) is 1. The predicted octanol–water partition coefficient (Wildman–Crippen LogP) is 3.41. The Hall–Kier alpha value is -2.89. The molecular formula is C13H10N2O4. The molecule has 0 unspecified atom stereocenters. The van der Waals surface area contributed by atoms with Crippen molar-refractivity contribution in [2.75, 3.05) is 4.90 Å². The molecule has 0 aromatic heterocycles. The fourth-order valence-electron chi connectivity index (χ4n) is 1.74. The molecule has 1 N–H and O–H groups in total. The molecule has 0 saturated heterocycles. The third kappa shape index (κ3) is 2.52. The van der Waals surface area contributed by atoms with Crippen molar-refractivity contribution in [3.05, 3.63) is 64.7 Å². The van der Waals surface area contributed by atoms with E-state index in [0.717, 1.165) is 4.90 Å². The zero-order valence-corrected chi connectivity index (χ0v) is 9.76. The third-order valence-corrected chi connectivity index (χ3v) is 2.53. The Labute approximate surface area is 108 Å². The van der Waals surface area contributed by atoms with E-state index in [9.17, 15) is 20.0 Å². The first kappa shape index (κ1) is 12.6. The van der Waals surface area contributed by atoms with Crippen LogP contribution >= 0.6 is 0 Å². The van der Waals surface area contributed by atoms with Gasteiger partial charge in [-0.3, -0.25) is 10.1 Å². The van der Waals surface area contributed by atoms with Gasteiger partial charge < -0.3 is 5.11 Å². The number of hydrogen-bond acceptors (Lipinski definition) is 3. The lowest BCUT2D eigenvalue weighted by Gasteiger charge is -2.18. The molecule has 0 aliphatic rings. The van der Waals surface area contributed by atoms with E-state index in [2.05, 4.69) is 0 Å². The molecule has 0 aliphatic carbocycles. The number of para-hydroxylation sites is 3. The van der Waals surface area contributed by atoms with Crippen LogP contribution in [0.3, 0.4) is 0 Å². The standard InChI is InChI=1S/C13H10N2O4/c16-13(17)14(10-6-2-1-3-7-10)11-8-4-5-9-12(11)15(18)19/h1-9H,(H,16,17). The first-order chi connectivity index (χ1) is 9.11. The highest BCUT2D eigenvalue weighted by Gasteiger charge is 2.24. The van der Waals surface area contributed by atoms with Gasteiger partial charge in [0, 0.05) is 6.07 Å². The molecule has 96 valence electrons. The lowest BCUT2D eigenvalue weighted by atomic mass is 10.2. The minimum atomic E-state index is -1.28. The maximum atomic E-state index is 11.4. The lowest BCUT2D eigenvalue weighted by molar-refractivity contribution is -0.384. The van der Waals surface area contributed by atoms with Crippen molar-refractivity contribution < 1.29 is 14.8 Å². The van der Waals surface area contributed by atoms with E-state index in [-0.39, 0.29) is 11.4 Å². The van der Waals surface area contributed by atoms with Gasteiger partial charge in [0.1, 0.15) is 5.69 Å². The average molecular weight is 258 g/mol. The van der Waals surface area contributed by atoms with Crippen LogP contribution in [-0.4, -0.2) is 16.1 Å². The van der Waals surface area contributed by atoms with E-state index >= 15 is 0 Å². The summed E-state index contributed by atoms with van der Waals surface area (Å²) in [6, 6.07) is 13.9. The van der Waals surface area contributed by atoms with Gasteiger partial charge in [0.25, 0.3) is 5.69 Å². The van der Waals surface area contributed by atoms with Crippen molar-refractivity contribution >= 4 is 23.2 Å². The van der Waals surface area contributed by atoms with Crippen molar-refractivity contribution in [1.82, 2.24) is 0 Å². The van der Waals surface area contributed by atoms with Gasteiger partial charge in [-0.15, -0.1) is 0 Å². The van der Waals surface area contributed by atoms with E-state index in [1.807, 2.05) is 0 Å². The fourth-order valence-corrected chi connectivity index (χ4v) is 1.74. The second kappa shape index (κ2) is 5.18. The summed E-state index contributed by atoms with van der Waals surface area (Å²) in [5.74, 6) is 0. The summed E-state index contributed by atoms with van der Waals surface area (Å²) in [6.45, 7) is 0. The van der Waals surface area contributed by atoms with E-state index in [1.165, 1.54) is 18.2 Å². The molecule has 0 radical (unpaired) electrons. The summed E-state index contributed by atoms with van der Waals surface area (Å²) >= 11 is 0. The normalized spacial score (nSPS) is 9.89. The van der Waals surface area contributed by atoms with Crippen molar-refractivity contribution in [3.8, 4) is 0 Å². The Bertz CT molecular complexity index is 613. The fraction of sp³-hybridized carbons (Fsp3) is 0. The molecule has 6 heteroatoms. The summed E-state index contributed by atoms with van der Waals surface area (Å²) in [5.41, 5.74) is 0.115. The predicted molar refractivity (Wildman–Crippen MR) is 69.7 cm³/mol. The summed E-state index contributed by atoms with van der Waals surface area (Å²) in [5, 5.41) is 20.3. The van der Waals surface area contributed by atoms with Crippen molar-refractivity contribution in [1.29, 1.82) is 0 Å². The van der Waals surface area contributed by atoms with Gasteiger partial charge >= 0.3 is 6.09 Å². The Morgan fingerprint density at radius 1 is 1.05 bits per heavy atom. The largest absolute Gasteiger partial charge is 0.464 e. The summed E-state index contributed by atoms with van der Waals surface area (Å²) < 4.78 is 0. The molecule has 19 heavy (non-hydrogen) atoms. The van der Waals surface area contributed by atoms with Gasteiger partial charge in [0.2, 0.25) is 0 Å². The van der Waals surface area contributed by atoms with Gasteiger partial charge in [-0.2, -0.15) is 0 Å². The van der Waals surface area contributed by atoms with Crippen LogP contribution in [-0.2, 0) is 0 Å². The maximum absolute atomic E-state index is 11.4. The zero-order chi connectivity index (χ0) is 13.8. The van der Waals surface area contributed by atoms with E-state index in [1.54, 1.807) is 36.4 Å². The van der Waals surface area contributed by atoms with Gasteiger partial charge in [-0.25, -0.2) is 9.69 Å². The van der Waals surface area contributed by atoms with Crippen LogP contribution in [0.1, 0.15) is 0 Å². The molecule has 0 aliphatic heterocycles. The Balaban J connectivity index is 2.59. The minimum absolute atomic E-state index is 0.0196. The molecule has 0 fully saturated rings. The SMILES string of the molecule is O=C(O)N(c1ccccc1)c1ccccc1[N+](=O)[O-]. The summed E-state index contributed by atoms with van der Waals surface area (Å²) in [7, 11) is 0. The minimum Gasteiger partial charge on any atom is -0.464 e. The number of rotatable bonds is 3. The van der Waals surface area contributed by atoms with Crippen LogP contribution < -0.4 is 4.90 Å². The van der Waals surface area contributed by atoms with Crippen LogP contribution in [0.15, 0.2) is 54.6 Å². The van der Waals surface area contributed by atoms with Crippen LogP contribution in [0.2, 0.25) is 0 Å². The summed E-state index contributed by atoms with van der Waals surface area (Å²) in [6.07, 6.45) is -1.28. The molecule has 0 atom stereocenters. The van der Waals surface area contributed by atoms with Crippen LogP contribution in [0.4, 0.5) is 21.9 Å². The molecule has 1 amide bonds. The molecular weight excluding hydrogens is 248 g/mol. The van der Waals surface area contributed by atoms with Crippen molar-refractivity contribution in [3.63, 3.8) is 0 Å². The monoisotopic (exact) mass is 258 g/mol. The average Bonchev–Trinajstić information content (AvgIpc) is 2.40. The molecule has 0 spiro atoms. The molecule has 2 rings (SSSR count). The number of carboxylic acid groups (broad SMARTS) is 1. The smallest absolute Gasteiger partial charge is 0.416 e. The van der Waals surface area contributed by atoms with E-state index in [4.69, 9.17) is 0 Å². The number of amides is 1. The van der Waals surface area contributed by atoms with E-state index < -0.39 is 11.0 Å². The van der Waals surface area contributed by atoms with Gasteiger partial charge in [0.15, 0.2) is 0 Å². The Kier molecular flexibility index (Phi) is 3.42. The van der Waals surface area contributed by atoms with Crippen molar-refractivity contribution in [2.24, 2.45) is 0 Å². The quantitative estimate of drug-likeness (QED) is 0.675. The summed E-state index contributed by atoms with van der Waals surface area (Å²) in [4.78, 5) is 22.6. The highest BCUT2D eigenvalue weighted by molar-refractivity contribution is 5.97. The number of benzene rings is 2. The second-order valence-corrected chi connectivity index (χ2v) is 3.70. The maximum Gasteiger partial charge on any atom is 0.416 e. The van der Waals surface area contributed by atoms with Crippen molar-refractivity contribution in [2.45, 2.75) is 0 Å². The van der Waals surface area contributed by atoms with E-state index in [0.29, 0.717) is 5.69 Å². The first-order valence-corrected chi connectivity index (χ1v) is 5.43. The highest BCUT2D eigenvalue weighted by atomic mass is 16.6. The van der Waals surface area contributed by atoms with Gasteiger partial charge in [-0.05, 0) is 18.2 Å². The molecule has 6 nitrogen and oxygen atoms in total. The molecule has 2 aromatic carbocycles. The number of nitrogens with zero attached hydrogens (tertiary/aromatic N) is 2. The highest BCUT2D eigenvalue weighted by Crippen LogP contribution is 2.33. The second-order valence-electron chi connectivity index (χ2n) is 3.70. The number of carbonyl (C=O) groups is 1. The first-order valence-electron chi connectivity index (χ1n) is 5.43. The Morgan fingerprint density at radius 2 is 1.63 bits per heavy atom. The zero-order valence-electron chi connectivity index (χ0n) is 9.76. The van der Waals surface area contributed by atoms with Gasteiger partial charge in [-0.1, -0.05) is 30.3 Å². The number of nitro benzene ring substituents is 1. The number of nitro groups is 1. The molecule has 0 bridgehead atoms. The Morgan fingerprint density at radius 3 is 2.21 bits per heavy atom. The molecule has 0 saturated carbocycles. The van der Waals surface area contributed by atoms with Crippen LogP contribution in [0, 0.1) is 10.1 Å².